The van der Waals surface area contributed by atoms with Gasteiger partial charge in [-0.1, -0.05) is 36.4 Å². The quantitative estimate of drug-likeness (QED) is 0.309. The molecule has 0 unspecified atom stereocenters. The first-order valence-corrected chi connectivity index (χ1v) is 9.26. The van der Waals surface area contributed by atoms with Crippen molar-refractivity contribution in [2.75, 3.05) is 0 Å². The van der Waals surface area contributed by atoms with Crippen molar-refractivity contribution >= 4 is 0 Å². The van der Waals surface area contributed by atoms with Crippen molar-refractivity contribution in [3.05, 3.63) is 84.9 Å². The molecular weight excluding hydrogens is 400 g/mol. The van der Waals surface area contributed by atoms with Gasteiger partial charge in [-0.25, -0.2) is 0 Å². The summed E-state index contributed by atoms with van der Waals surface area (Å²) in [5, 5.41) is 40.9. The summed E-state index contributed by atoms with van der Waals surface area (Å²) in [6.45, 7) is 0. The van der Waals surface area contributed by atoms with Gasteiger partial charge in [0.1, 0.15) is 0 Å². The third-order valence-corrected chi connectivity index (χ3v) is 4.31. The third kappa shape index (κ3) is 4.25. The molecule has 0 aliphatic heterocycles. The van der Waals surface area contributed by atoms with E-state index in [1.807, 2.05) is 0 Å². The molecule has 4 aromatic carbocycles. The molecular formula is C24H18O7. The molecule has 0 amide bonds. The van der Waals surface area contributed by atoms with Crippen LogP contribution in [0.25, 0.3) is 0 Å². The minimum Gasteiger partial charge on any atom is -0.504 e. The Morgan fingerprint density at radius 1 is 0.355 bits per heavy atom. The summed E-state index contributed by atoms with van der Waals surface area (Å²) in [6, 6.07) is 21.8. The Morgan fingerprint density at radius 2 is 0.645 bits per heavy atom. The van der Waals surface area contributed by atoms with Crippen molar-refractivity contribution < 1.29 is 34.6 Å². The van der Waals surface area contributed by atoms with E-state index in [0.717, 1.165) is 0 Å². The van der Waals surface area contributed by atoms with Crippen molar-refractivity contribution in [1.82, 2.24) is 0 Å². The Labute approximate surface area is 177 Å². The van der Waals surface area contributed by atoms with E-state index in [4.69, 9.17) is 14.2 Å². The highest BCUT2D eigenvalue weighted by Crippen LogP contribution is 2.46. The average Bonchev–Trinajstić information content (AvgIpc) is 2.76. The molecule has 31 heavy (non-hydrogen) atoms. The minimum atomic E-state index is -0.322. The Kier molecular flexibility index (Phi) is 5.40. The maximum atomic E-state index is 10.6. The van der Waals surface area contributed by atoms with E-state index < -0.39 is 0 Å². The highest BCUT2D eigenvalue weighted by molar-refractivity contribution is 5.58. The summed E-state index contributed by atoms with van der Waals surface area (Å²) >= 11 is 0. The zero-order valence-corrected chi connectivity index (χ0v) is 16.1. The van der Waals surface area contributed by atoms with E-state index in [1.165, 1.54) is 36.4 Å². The van der Waals surface area contributed by atoms with Gasteiger partial charge < -0.3 is 34.6 Å². The lowest BCUT2D eigenvalue weighted by molar-refractivity contribution is 0.348. The van der Waals surface area contributed by atoms with Crippen LogP contribution in [0.2, 0.25) is 0 Å². The van der Waals surface area contributed by atoms with E-state index in [1.54, 1.807) is 48.5 Å². The number of ether oxygens (including phenoxy) is 3. The lowest BCUT2D eigenvalue weighted by Crippen LogP contribution is -1.91. The van der Waals surface area contributed by atoms with Crippen molar-refractivity contribution in [3.8, 4) is 57.5 Å². The fourth-order valence-corrected chi connectivity index (χ4v) is 2.78. The number of phenolic OH excluding ortho intramolecular Hbond substituents is 4. The number of phenols is 4. The maximum Gasteiger partial charge on any atom is 0.202 e. The Balaban J connectivity index is 1.60. The minimum absolute atomic E-state index is 0.0166. The first kappa shape index (κ1) is 19.8. The van der Waals surface area contributed by atoms with Crippen molar-refractivity contribution in [2.24, 2.45) is 0 Å². The van der Waals surface area contributed by atoms with Crippen LogP contribution < -0.4 is 14.2 Å². The van der Waals surface area contributed by atoms with Gasteiger partial charge in [-0.3, -0.25) is 0 Å². The summed E-state index contributed by atoms with van der Waals surface area (Å²) in [4.78, 5) is 0. The molecule has 7 nitrogen and oxygen atoms in total. The summed E-state index contributed by atoms with van der Waals surface area (Å²) < 4.78 is 16.8. The Hall–Kier alpha value is -4.52. The van der Waals surface area contributed by atoms with Gasteiger partial charge in [0.2, 0.25) is 11.5 Å². The van der Waals surface area contributed by atoms with Crippen LogP contribution >= 0.6 is 0 Å². The second-order valence-corrected chi connectivity index (χ2v) is 6.45. The van der Waals surface area contributed by atoms with Crippen LogP contribution in [0.15, 0.2) is 84.9 Å². The summed E-state index contributed by atoms with van der Waals surface area (Å²) in [5.41, 5.74) is 0. The van der Waals surface area contributed by atoms with Gasteiger partial charge in [-0.05, 0) is 48.5 Å². The molecule has 0 aliphatic carbocycles. The summed E-state index contributed by atoms with van der Waals surface area (Å²) in [7, 11) is 0. The highest BCUT2D eigenvalue weighted by Gasteiger charge is 2.17. The normalized spacial score (nSPS) is 10.5. The average molecular weight is 418 g/mol. The van der Waals surface area contributed by atoms with Gasteiger partial charge >= 0.3 is 0 Å². The number of aromatic hydroxyl groups is 4. The van der Waals surface area contributed by atoms with Gasteiger partial charge in [-0.2, -0.15) is 0 Å². The smallest absolute Gasteiger partial charge is 0.202 e. The standard InChI is InChI=1S/C24H18O7/c25-15-7-1-3-9-17(15)29-19-11-5-13-21(23(19)27)31-22-14-6-12-20(24(22)28)30-18-10-4-2-8-16(18)26/h1-14,25-28H. The van der Waals surface area contributed by atoms with Crippen molar-refractivity contribution in [3.63, 3.8) is 0 Å². The van der Waals surface area contributed by atoms with E-state index >= 15 is 0 Å². The molecule has 0 spiro atoms. The predicted octanol–water partition coefficient (Wildman–Crippen LogP) is 5.89. The van der Waals surface area contributed by atoms with Crippen LogP contribution in [-0.4, -0.2) is 20.4 Å². The lowest BCUT2D eigenvalue weighted by atomic mass is 10.2. The summed E-state index contributed by atoms with van der Waals surface area (Å²) in [5.74, 6) is -0.341. The molecule has 4 N–H and O–H groups in total. The molecule has 0 atom stereocenters. The van der Waals surface area contributed by atoms with E-state index in [0.29, 0.717) is 0 Å². The number of rotatable bonds is 6. The first-order valence-electron chi connectivity index (χ1n) is 9.26. The number of hydrogen-bond donors (Lipinski definition) is 4. The molecule has 0 saturated carbocycles. The second kappa shape index (κ2) is 8.46. The Morgan fingerprint density at radius 3 is 1.00 bits per heavy atom. The zero-order valence-electron chi connectivity index (χ0n) is 16.1. The number of hydrogen-bond acceptors (Lipinski definition) is 7. The highest BCUT2D eigenvalue weighted by atomic mass is 16.5. The molecule has 4 rings (SSSR count). The molecule has 4 aromatic rings. The lowest BCUT2D eigenvalue weighted by Gasteiger charge is -2.15. The topological polar surface area (TPSA) is 109 Å². The fourth-order valence-electron chi connectivity index (χ4n) is 2.78. The number of benzene rings is 4. The van der Waals surface area contributed by atoms with Crippen molar-refractivity contribution in [2.45, 2.75) is 0 Å². The van der Waals surface area contributed by atoms with Gasteiger partial charge in [0.25, 0.3) is 0 Å². The van der Waals surface area contributed by atoms with Crippen LogP contribution in [0, 0.1) is 0 Å². The molecule has 0 aliphatic rings. The molecule has 0 fully saturated rings. The van der Waals surface area contributed by atoms with E-state index in [9.17, 15) is 20.4 Å². The molecule has 0 heterocycles. The fraction of sp³-hybridized carbons (Fsp3) is 0. The maximum absolute atomic E-state index is 10.6. The van der Waals surface area contributed by atoms with Gasteiger partial charge in [0.05, 0.1) is 0 Å². The molecule has 0 bridgehead atoms. The molecule has 0 aromatic heterocycles. The van der Waals surface area contributed by atoms with Crippen LogP contribution in [0.3, 0.4) is 0 Å². The second-order valence-electron chi connectivity index (χ2n) is 6.45. The predicted molar refractivity (Wildman–Crippen MR) is 113 cm³/mol. The van der Waals surface area contributed by atoms with Gasteiger partial charge in [0.15, 0.2) is 46.0 Å². The van der Waals surface area contributed by atoms with Crippen LogP contribution in [0.5, 0.6) is 57.5 Å². The van der Waals surface area contributed by atoms with E-state index in [2.05, 4.69) is 0 Å². The monoisotopic (exact) mass is 418 g/mol. The SMILES string of the molecule is Oc1ccccc1Oc1cccc(Oc2cccc(Oc3ccccc3O)c2O)c1O. The number of para-hydroxylation sites is 6. The van der Waals surface area contributed by atoms with Crippen LogP contribution in [-0.2, 0) is 0 Å². The van der Waals surface area contributed by atoms with Crippen LogP contribution in [0.4, 0.5) is 0 Å². The van der Waals surface area contributed by atoms with Crippen molar-refractivity contribution in [1.29, 1.82) is 0 Å². The van der Waals surface area contributed by atoms with E-state index in [-0.39, 0.29) is 57.5 Å². The zero-order chi connectivity index (χ0) is 21.8. The first-order chi connectivity index (χ1) is 15.0. The van der Waals surface area contributed by atoms with Gasteiger partial charge in [-0.15, -0.1) is 0 Å². The largest absolute Gasteiger partial charge is 0.504 e. The van der Waals surface area contributed by atoms with Gasteiger partial charge in [0, 0.05) is 0 Å². The molecule has 0 saturated heterocycles. The third-order valence-electron chi connectivity index (χ3n) is 4.31. The van der Waals surface area contributed by atoms with Crippen LogP contribution in [0.1, 0.15) is 0 Å². The molecule has 7 heteroatoms. The Bertz CT molecular complexity index is 1130. The molecule has 0 radical (unpaired) electrons. The molecule has 156 valence electrons. The summed E-state index contributed by atoms with van der Waals surface area (Å²) in [6.07, 6.45) is 0.